The highest BCUT2D eigenvalue weighted by Gasteiger charge is 2.52. The van der Waals surface area contributed by atoms with Crippen LogP contribution in [0.4, 0.5) is 0 Å². The maximum atomic E-state index is 10.6. The normalized spacial score (nSPS) is 32.8. The molecule has 13 heavy (non-hydrogen) atoms. The summed E-state index contributed by atoms with van der Waals surface area (Å²) in [7, 11) is 0. The van der Waals surface area contributed by atoms with Gasteiger partial charge in [0.25, 0.3) is 0 Å². The smallest absolute Gasteiger partial charge is 0.0980 e. The minimum Gasteiger partial charge on any atom is -0.387 e. The van der Waals surface area contributed by atoms with E-state index in [1.54, 1.807) is 0 Å². The van der Waals surface area contributed by atoms with Crippen LogP contribution in [0.5, 0.6) is 0 Å². The summed E-state index contributed by atoms with van der Waals surface area (Å²) in [5.41, 5.74) is -0.986. The van der Waals surface area contributed by atoms with Gasteiger partial charge in [0.2, 0.25) is 0 Å². The zero-order valence-corrected chi connectivity index (χ0v) is 9.26. The lowest BCUT2D eigenvalue weighted by Gasteiger charge is -2.41. The van der Waals surface area contributed by atoms with Gasteiger partial charge in [-0.05, 0) is 19.8 Å². The zero-order valence-electron chi connectivity index (χ0n) is 9.26. The van der Waals surface area contributed by atoms with Crippen LogP contribution in [-0.4, -0.2) is 22.9 Å². The SMILES string of the molecule is CCC(CC)C1(O)CCOC1(C)C. The molecular weight excluding hydrogens is 164 g/mol. The van der Waals surface area contributed by atoms with Gasteiger partial charge in [0.05, 0.1) is 17.8 Å². The highest BCUT2D eigenvalue weighted by Crippen LogP contribution is 2.43. The van der Waals surface area contributed by atoms with Crippen molar-refractivity contribution < 1.29 is 9.84 Å². The summed E-state index contributed by atoms with van der Waals surface area (Å²) in [5, 5.41) is 10.6. The van der Waals surface area contributed by atoms with Gasteiger partial charge in [-0.25, -0.2) is 0 Å². The van der Waals surface area contributed by atoms with E-state index in [2.05, 4.69) is 13.8 Å². The van der Waals surface area contributed by atoms with Crippen LogP contribution in [0.2, 0.25) is 0 Å². The number of hydrogen-bond donors (Lipinski definition) is 1. The molecule has 1 unspecified atom stereocenters. The number of hydrogen-bond acceptors (Lipinski definition) is 2. The molecule has 0 aromatic rings. The second-order valence-electron chi connectivity index (χ2n) is 4.55. The van der Waals surface area contributed by atoms with E-state index in [0.29, 0.717) is 12.5 Å². The lowest BCUT2D eigenvalue weighted by molar-refractivity contribution is -0.130. The van der Waals surface area contributed by atoms with Gasteiger partial charge in [-0.3, -0.25) is 0 Å². The van der Waals surface area contributed by atoms with E-state index in [9.17, 15) is 5.11 Å². The Morgan fingerprint density at radius 1 is 1.31 bits per heavy atom. The zero-order chi connectivity index (χ0) is 10.1. The highest BCUT2D eigenvalue weighted by atomic mass is 16.5. The largest absolute Gasteiger partial charge is 0.387 e. The quantitative estimate of drug-likeness (QED) is 0.733. The molecule has 0 aromatic heterocycles. The van der Waals surface area contributed by atoms with E-state index in [1.165, 1.54) is 0 Å². The summed E-state index contributed by atoms with van der Waals surface area (Å²) in [6.07, 6.45) is 2.84. The molecule has 2 heteroatoms. The number of rotatable bonds is 3. The van der Waals surface area contributed by atoms with Crippen LogP contribution in [0.3, 0.4) is 0 Å². The first-order valence-electron chi connectivity index (χ1n) is 5.34. The molecule has 1 atom stereocenters. The lowest BCUT2D eigenvalue weighted by Crippen LogP contribution is -2.51. The lowest BCUT2D eigenvalue weighted by atomic mass is 9.73. The summed E-state index contributed by atoms with van der Waals surface area (Å²) >= 11 is 0. The molecule has 78 valence electrons. The Bertz CT molecular complexity index is 173. The molecule has 1 N–H and O–H groups in total. The van der Waals surface area contributed by atoms with Gasteiger partial charge < -0.3 is 9.84 Å². The fraction of sp³-hybridized carbons (Fsp3) is 1.00. The first kappa shape index (κ1) is 11.0. The number of ether oxygens (including phenoxy) is 1. The fourth-order valence-corrected chi connectivity index (χ4v) is 2.55. The Kier molecular flexibility index (Phi) is 3.03. The van der Waals surface area contributed by atoms with Gasteiger partial charge in [0.1, 0.15) is 0 Å². The molecule has 1 aliphatic rings. The fourth-order valence-electron chi connectivity index (χ4n) is 2.55. The number of aliphatic hydroxyl groups is 1. The average molecular weight is 186 g/mol. The summed E-state index contributed by atoms with van der Waals surface area (Å²) in [4.78, 5) is 0. The molecule has 0 amide bonds. The van der Waals surface area contributed by atoms with Crippen LogP contribution in [0.1, 0.15) is 47.0 Å². The average Bonchev–Trinajstić information content (AvgIpc) is 2.30. The van der Waals surface area contributed by atoms with Gasteiger partial charge in [0, 0.05) is 6.42 Å². The summed E-state index contributed by atoms with van der Waals surface area (Å²) < 4.78 is 5.59. The van der Waals surface area contributed by atoms with Crippen molar-refractivity contribution in [3.63, 3.8) is 0 Å². The van der Waals surface area contributed by atoms with Gasteiger partial charge in [0.15, 0.2) is 0 Å². The van der Waals surface area contributed by atoms with Crippen LogP contribution in [0.15, 0.2) is 0 Å². The van der Waals surface area contributed by atoms with Crippen molar-refractivity contribution in [1.82, 2.24) is 0 Å². The molecule has 1 fully saturated rings. The Labute approximate surface area is 81.3 Å². The van der Waals surface area contributed by atoms with Crippen molar-refractivity contribution in [2.45, 2.75) is 58.2 Å². The third-order valence-corrected chi connectivity index (χ3v) is 3.65. The Hall–Kier alpha value is -0.0800. The minimum atomic E-state index is -0.615. The summed E-state index contributed by atoms with van der Waals surface area (Å²) in [6.45, 7) is 8.97. The van der Waals surface area contributed by atoms with Crippen molar-refractivity contribution >= 4 is 0 Å². The third kappa shape index (κ3) is 1.62. The van der Waals surface area contributed by atoms with Crippen molar-refractivity contribution in [2.24, 2.45) is 5.92 Å². The summed E-state index contributed by atoms with van der Waals surface area (Å²) in [6, 6.07) is 0. The molecule has 1 saturated heterocycles. The molecular formula is C11H22O2. The van der Waals surface area contributed by atoms with Gasteiger partial charge in [-0.15, -0.1) is 0 Å². The second-order valence-corrected chi connectivity index (χ2v) is 4.55. The molecule has 0 spiro atoms. The van der Waals surface area contributed by atoms with Gasteiger partial charge in [-0.1, -0.05) is 26.7 Å². The first-order valence-corrected chi connectivity index (χ1v) is 5.34. The predicted molar refractivity (Wildman–Crippen MR) is 53.7 cm³/mol. The summed E-state index contributed by atoms with van der Waals surface area (Å²) in [5.74, 6) is 0.366. The van der Waals surface area contributed by atoms with Crippen LogP contribution >= 0.6 is 0 Å². The predicted octanol–water partition coefficient (Wildman–Crippen LogP) is 2.35. The van der Waals surface area contributed by atoms with E-state index < -0.39 is 5.60 Å². The van der Waals surface area contributed by atoms with Gasteiger partial charge >= 0.3 is 0 Å². The maximum absolute atomic E-state index is 10.6. The van der Waals surface area contributed by atoms with E-state index in [1.807, 2.05) is 13.8 Å². The van der Waals surface area contributed by atoms with E-state index in [0.717, 1.165) is 19.3 Å². The topological polar surface area (TPSA) is 29.5 Å². The second kappa shape index (κ2) is 3.58. The van der Waals surface area contributed by atoms with Crippen LogP contribution < -0.4 is 0 Å². The van der Waals surface area contributed by atoms with E-state index >= 15 is 0 Å². The van der Waals surface area contributed by atoms with Gasteiger partial charge in [-0.2, -0.15) is 0 Å². The maximum Gasteiger partial charge on any atom is 0.0980 e. The van der Waals surface area contributed by atoms with Crippen LogP contribution in [0.25, 0.3) is 0 Å². The molecule has 1 rings (SSSR count). The third-order valence-electron chi connectivity index (χ3n) is 3.65. The standard InChI is InChI=1S/C11H22O2/c1-5-9(6-2)11(12)7-8-13-10(11,3)4/h9,12H,5-8H2,1-4H3. The van der Waals surface area contributed by atoms with Crippen molar-refractivity contribution in [1.29, 1.82) is 0 Å². The molecule has 1 heterocycles. The Balaban J connectivity index is 2.84. The molecule has 0 aromatic carbocycles. The van der Waals surface area contributed by atoms with Crippen molar-refractivity contribution in [3.05, 3.63) is 0 Å². The highest BCUT2D eigenvalue weighted by molar-refractivity contribution is 5.02. The first-order chi connectivity index (χ1) is 5.98. The Morgan fingerprint density at radius 3 is 2.15 bits per heavy atom. The molecule has 0 aliphatic carbocycles. The minimum absolute atomic E-state index is 0.366. The van der Waals surface area contributed by atoms with E-state index in [4.69, 9.17) is 4.74 Å². The monoisotopic (exact) mass is 186 g/mol. The Morgan fingerprint density at radius 2 is 1.85 bits per heavy atom. The van der Waals surface area contributed by atoms with E-state index in [-0.39, 0.29) is 5.60 Å². The van der Waals surface area contributed by atoms with Crippen LogP contribution in [0, 0.1) is 5.92 Å². The molecule has 2 nitrogen and oxygen atoms in total. The molecule has 0 saturated carbocycles. The molecule has 0 radical (unpaired) electrons. The van der Waals surface area contributed by atoms with Crippen LogP contribution in [-0.2, 0) is 4.74 Å². The molecule has 0 bridgehead atoms. The van der Waals surface area contributed by atoms with Crippen molar-refractivity contribution in [2.75, 3.05) is 6.61 Å². The molecule has 1 aliphatic heterocycles. The van der Waals surface area contributed by atoms with Crippen molar-refractivity contribution in [3.8, 4) is 0 Å².